The smallest absolute Gasteiger partial charge is 0.335 e. The summed E-state index contributed by atoms with van der Waals surface area (Å²) in [7, 11) is 1.39. The summed E-state index contributed by atoms with van der Waals surface area (Å²) in [5.41, 5.74) is 0. The van der Waals surface area contributed by atoms with E-state index >= 15 is 0 Å². The summed E-state index contributed by atoms with van der Waals surface area (Å²) in [4.78, 5) is 33.9. The van der Waals surface area contributed by atoms with Crippen molar-refractivity contribution in [3.63, 3.8) is 0 Å². The number of carbonyl (C=O) groups is 3. The van der Waals surface area contributed by atoms with Crippen LogP contribution in [0.3, 0.4) is 0 Å². The van der Waals surface area contributed by atoms with E-state index in [2.05, 4.69) is 0 Å². The Morgan fingerprint density at radius 1 is 0.677 bits per heavy atom. The Balaban J connectivity index is 4.23. The van der Waals surface area contributed by atoms with Crippen molar-refractivity contribution in [1.29, 1.82) is 0 Å². The molecule has 2 N–H and O–H groups in total. The van der Waals surface area contributed by atoms with Gasteiger partial charge in [-0.2, -0.15) is 0 Å². The van der Waals surface area contributed by atoms with Gasteiger partial charge in [0, 0.05) is 7.11 Å². The van der Waals surface area contributed by atoms with Gasteiger partial charge in [0.05, 0.1) is 33.0 Å². The highest BCUT2D eigenvalue weighted by atomic mass is 16.6. The van der Waals surface area contributed by atoms with Crippen molar-refractivity contribution in [2.45, 2.75) is 45.2 Å². The normalized spacial score (nSPS) is 14.9. The lowest BCUT2D eigenvalue weighted by molar-refractivity contribution is -0.159. The fourth-order valence-corrected chi connectivity index (χ4v) is 1.79. The predicted octanol–water partition coefficient (Wildman–Crippen LogP) is -1.17. The van der Waals surface area contributed by atoms with Crippen LogP contribution < -0.4 is 0 Å². The minimum Gasteiger partial charge on any atom is -0.461 e. The molecule has 0 spiro atoms. The van der Waals surface area contributed by atoms with Gasteiger partial charge in [0.1, 0.15) is 38.1 Å². The Morgan fingerprint density at radius 2 is 1.10 bits per heavy atom. The Kier molecular flexibility index (Phi) is 16.8. The molecule has 12 nitrogen and oxygen atoms in total. The number of methoxy groups -OCH3 is 1. The average Bonchev–Trinajstić information content (AvgIpc) is 2.73. The topological polar surface area (TPSA) is 156 Å². The molecular formula is C19H34O12. The molecule has 3 unspecified atom stereocenters. The van der Waals surface area contributed by atoms with Crippen molar-refractivity contribution in [2.75, 3.05) is 60.0 Å². The van der Waals surface area contributed by atoms with E-state index in [9.17, 15) is 14.4 Å². The highest BCUT2D eigenvalue weighted by Gasteiger charge is 2.15. The fourth-order valence-electron chi connectivity index (χ4n) is 1.79. The zero-order valence-corrected chi connectivity index (χ0v) is 18.4. The minimum atomic E-state index is -1.21. The molecule has 0 aromatic heterocycles. The van der Waals surface area contributed by atoms with Crippen molar-refractivity contribution < 1.29 is 57.8 Å². The maximum absolute atomic E-state index is 11.5. The lowest BCUT2D eigenvalue weighted by Gasteiger charge is -2.19. The number of ether oxygens (including phenoxy) is 7. The summed E-state index contributed by atoms with van der Waals surface area (Å²) in [6.45, 7) is 4.46. The van der Waals surface area contributed by atoms with Gasteiger partial charge in [-0.25, -0.2) is 14.4 Å². The maximum Gasteiger partial charge on any atom is 0.335 e. The van der Waals surface area contributed by atoms with Gasteiger partial charge in [-0.1, -0.05) is 0 Å². The standard InChI is InChI=1S/C19H34O12/c1-13(20)17(22)29-7-5-26-11-16(12-27-6-8-30-18(23)14(2)21)28-9-10-31-19(24)15(3)25-4/h13-16,20-21H,5-12H2,1-4H3. The molecule has 0 amide bonds. The molecule has 0 rings (SSSR count). The van der Waals surface area contributed by atoms with E-state index in [1.807, 2.05) is 0 Å². The fraction of sp³-hybridized carbons (Fsp3) is 0.842. The van der Waals surface area contributed by atoms with Crippen LogP contribution >= 0.6 is 0 Å². The molecular weight excluding hydrogens is 420 g/mol. The van der Waals surface area contributed by atoms with Gasteiger partial charge in [0.25, 0.3) is 0 Å². The molecule has 31 heavy (non-hydrogen) atoms. The van der Waals surface area contributed by atoms with Crippen LogP contribution in [0.25, 0.3) is 0 Å². The summed E-state index contributed by atoms with van der Waals surface area (Å²) in [6, 6.07) is 0. The zero-order chi connectivity index (χ0) is 23.6. The summed E-state index contributed by atoms with van der Waals surface area (Å²) in [5.74, 6) is -2.02. The number of aliphatic hydroxyl groups excluding tert-OH is 2. The van der Waals surface area contributed by atoms with Crippen molar-refractivity contribution >= 4 is 17.9 Å². The molecule has 12 heteroatoms. The van der Waals surface area contributed by atoms with E-state index in [0.717, 1.165) is 0 Å². The molecule has 0 heterocycles. The first kappa shape index (κ1) is 29.2. The molecule has 0 aliphatic heterocycles. The van der Waals surface area contributed by atoms with Crippen LogP contribution in [0.1, 0.15) is 20.8 Å². The van der Waals surface area contributed by atoms with Crippen molar-refractivity contribution in [3.05, 3.63) is 0 Å². The molecule has 0 fully saturated rings. The molecule has 0 saturated heterocycles. The van der Waals surface area contributed by atoms with Gasteiger partial charge in [-0.05, 0) is 20.8 Å². The Morgan fingerprint density at radius 3 is 1.52 bits per heavy atom. The van der Waals surface area contributed by atoms with E-state index in [0.29, 0.717) is 0 Å². The van der Waals surface area contributed by atoms with Crippen molar-refractivity contribution in [2.24, 2.45) is 0 Å². The largest absolute Gasteiger partial charge is 0.461 e. The van der Waals surface area contributed by atoms with Gasteiger partial charge in [0.15, 0.2) is 6.10 Å². The van der Waals surface area contributed by atoms with Crippen LogP contribution in [0.15, 0.2) is 0 Å². The maximum atomic E-state index is 11.5. The second kappa shape index (κ2) is 17.8. The third-order valence-corrected chi connectivity index (χ3v) is 3.60. The van der Waals surface area contributed by atoms with E-state index in [4.69, 9.17) is 43.4 Å². The van der Waals surface area contributed by atoms with Crippen molar-refractivity contribution in [3.8, 4) is 0 Å². The van der Waals surface area contributed by atoms with Gasteiger partial charge in [-0.3, -0.25) is 0 Å². The first-order chi connectivity index (χ1) is 14.7. The van der Waals surface area contributed by atoms with Gasteiger partial charge < -0.3 is 43.4 Å². The third kappa shape index (κ3) is 15.6. The minimum absolute atomic E-state index is 0.00103. The molecule has 0 saturated carbocycles. The molecule has 3 atom stereocenters. The SMILES string of the molecule is COC(C)C(=O)OCCOC(COCCOC(=O)C(C)O)COCCOC(=O)C(C)O. The van der Waals surface area contributed by atoms with E-state index < -0.39 is 42.3 Å². The third-order valence-electron chi connectivity index (χ3n) is 3.60. The van der Waals surface area contributed by atoms with E-state index in [1.54, 1.807) is 6.92 Å². The van der Waals surface area contributed by atoms with E-state index in [-0.39, 0.29) is 52.9 Å². The van der Waals surface area contributed by atoms with Crippen molar-refractivity contribution in [1.82, 2.24) is 0 Å². The summed E-state index contributed by atoms with van der Waals surface area (Å²) in [6.07, 6.45) is -3.65. The second-order valence-corrected chi connectivity index (χ2v) is 6.37. The average molecular weight is 454 g/mol. The Labute approximate surface area is 181 Å². The highest BCUT2D eigenvalue weighted by molar-refractivity contribution is 5.74. The van der Waals surface area contributed by atoms with Gasteiger partial charge in [-0.15, -0.1) is 0 Å². The second-order valence-electron chi connectivity index (χ2n) is 6.37. The number of carbonyl (C=O) groups excluding carboxylic acids is 3. The number of hydrogen-bond acceptors (Lipinski definition) is 12. The first-order valence-corrected chi connectivity index (χ1v) is 9.84. The molecule has 0 radical (unpaired) electrons. The zero-order valence-electron chi connectivity index (χ0n) is 18.4. The number of hydrogen-bond donors (Lipinski definition) is 2. The van der Waals surface area contributed by atoms with Crippen LogP contribution in [0.2, 0.25) is 0 Å². The molecule has 0 aliphatic rings. The van der Waals surface area contributed by atoms with Crippen LogP contribution in [-0.4, -0.2) is 113 Å². The lowest BCUT2D eigenvalue weighted by Crippen LogP contribution is -2.30. The van der Waals surface area contributed by atoms with Crippen LogP contribution in [-0.2, 0) is 47.5 Å². The van der Waals surface area contributed by atoms with E-state index in [1.165, 1.54) is 21.0 Å². The molecule has 0 aromatic rings. The number of rotatable bonds is 18. The number of aliphatic hydroxyl groups is 2. The molecule has 0 aliphatic carbocycles. The van der Waals surface area contributed by atoms with Gasteiger partial charge >= 0.3 is 17.9 Å². The van der Waals surface area contributed by atoms with Gasteiger partial charge in [0.2, 0.25) is 0 Å². The molecule has 0 aromatic carbocycles. The Hall–Kier alpha value is -1.83. The first-order valence-electron chi connectivity index (χ1n) is 9.84. The summed E-state index contributed by atoms with van der Waals surface area (Å²) < 4.78 is 35.7. The van der Waals surface area contributed by atoms with Crippen LogP contribution in [0.4, 0.5) is 0 Å². The quantitative estimate of drug-likeness (QED) is 0.146. The molecule has 0 bridgehead atoms. The number of esters is 3. The monoisotopic (exact) mass is 454 g/mol. The lowest BCUT2D eigenvalue weighted by atomic mass is 10.4. The molecule has 182 valence electrons. The predicted molar refractivity (Wildman–Crippen MR) is 104 cm³/mol. The highest BCUT2D eigenvalue weighted by Crippen LogP contribution is 1.99. The Bertz CT molecular complexity index is 478. The van der Waals surface area contributed by atoms with Crippen LogP contribution in [0.5, 0.6) is 0 Å². The van der Waals surface area contributed by atoms with Crippen LogP contribution in [0, 0.1) is 0 Å². The summed E-state index contributed by atoms with van der Waals surface area (Å²) >= 11 is 0. The summed E-state index contributed by atoms with van der Waals surface area (Å²) in [5, 5.41) is 18.1.